The van der Waals surface area contributed by atoms with Crippen LogP contribution in [0, 0.1) is 0 Å². The third-order valence-corrected chi connectivity index (χ3v) is 3.43. The maximum Gasteiger partial charge on any atom is 0.260 e. The van der Waals surface area contributed by atoms with Crippen LogP contribution in [0.4, 0.5) is 5.69 Å². The molecule has 0 saturated heterocycles. The minimum Gasteiger partial charge on any atom is -0.482 e. The second-order valence-corrected chi connectivity index (χ2v) is 5.07. The Balaban J connectivity index is 1.91. The Bertz CT molecular complexity index is 631. The van der Waals surface area contributed by atoms with Crippen LogP contribution in [-0.4, -0.2) is 24.5 Å². The molecule has 4 nitrogen and oxygen atoms in total. The third-order valence-electron chi connectivity index (χ3n) is 3.06. The zero-order chi connectivity index (χ0) is 15.2. The Morgan fingerprint density at radius 2 is 1.86 bits per heavy atom. The van der Waals surface area contributed by atoms with Gasteiger partial charge in [0.1, 0.15) is 5.75 Å². The minimum absolute atomic E-state index is 0.0604. The number of amides is 1. The van der Waals surface area contributed by atoms with E-state index in [4.69, 9.17) is 22.1 Å². The highest BCUT2D eigenvalue weighted by Gasteiger charge is 2.12. The maximum absolute atomic E-state index is 12.1. The molecule has 0 aliphatic heterocycles. The number of para-hydroxylation sites is 2. The average Bonchev–Trinajstić information content (AvgIpc) is 2.48. The maximum atomic E-state index is 12.1. The summed E-state index contributed by atoms with van der Waals surface area (Å²) in [6, 6.07) is 14.5. The van der Waals surface area contributed by atoms with E-state index in [-0.39, 0.29) is 12.5 Å². The molecule has 1 amide bonds. The van der Waals surface area contributed by atoms with E-state index < -0.39 is 0 Å². The highest BCUT2D eigenvalue weighted by atomic mass is 35.5. The Labute approximate surface area is 129 Å². The van der Waals surface area contributed by atoms with Crippen LogP contribution in [0.2, 0.25) is 5.02 Å². The number of hydrogen-bond donors (Lipinski definition) is 1. The van der Waals surface area contributed by atoms with Gasteiger partial charge in [-0.25, -0.2) is 0 Å². The van der Waals surface area contributed by atoms with Gasteiger partial charge in [-0.2, -0.15) is 0 Å². The first kappa shape index (κ1) is 15.2. The van der Waals surface area contributed by atoms with E-state index in [2.05, 4.69) is 0 Å². The molecule has 2 aromatic carbocycles. The van der Waals surface area contributed by atoms with Crippen molar-refractivity contribution in [2.45, 2.75) is 6.54 Å². The van der Waals surface area contributed by atoms with Gasteiger partial charge < -0.3 is 15.4 Å². The highest BCUT2D eigenvalue weighted by Crippen LogP contribution is 2.20. The van der Waals surface area contributed by atoms with Crippen molar-refractivity contribution in [1.29, 1.82) is 0 Å². The molecule has 0 fully saturated rings. The molecule has 5 heteroatoms. The molecule has 0 spiro atoms. The SMILES string of the molecule is CN(Cc1ccccc1Cl)C(=O)COc1ccccc1N. The lowest BCUT2D eigenvalue weighted by Gasteiger charge is -2.18. The van der Waals surface area contributed by atoms with Gasteiger partial charge in [0.25, 0.3) is 5.91 Å². The zero-order valence-electron chi connectivity index (χ0n) is 11.8. The molecule has 0 saturated carbocycles. The van der Waals surface area contributed by atoms with Crippen LogP contribution in [0.3, 0.4) is 0 Å². The van der Waals surface area contributed by atoms with Gasteiger partial charge in [0, 0.05) is 18.6 Å². The summed E-state index contributed by atoms with van der Waals surface area (Å²) in [5.74, 6) is 0.371. The number of nitrogen functional groups attached to an aromatic ring is 1. The van der Waals surface area contributed by atoms with Crippen molar-refractivity contribution in [3.05, 3.63) is 59.1 Å². The van der Waals surface area contributed by atoms with E-state index in [1.165, 1.54) is 0 Å². The molecule has 2 N–H and O–H groups in total. The molecule has 0 unspecified atom stereocenters. The Kier molecular flexibility index (Phi) is 5.06. The number of rotatable bonds is 5. The summed E-state index contributed by atoms with van der Waals surface area (Å²) in [5, 5.41) is 0.644. The van der Waals surface area contributed by atoms with Gasteiger partial charge in [-0.15, -0.1) is 0 Å². The summed E-state index contributed by atoms with van der Waals surface area (Å²) < 4.78 is 5.44. The molecule has 0 bridgehead atoms. The first-order valence-corrected chi connectivity index (χ1v) is 6.90. The number of nitrogens with two attached hydrogens (primary N) is 1. The first-order chi connectivity index (χ1) is 10.1. The van der Waals surface area contributed by atoms with Crippen LogP contribution in [0.1, 0.15) is 5.56 Å². The van der Waals surface area contributed by atoms with Crippen molar-refractivity contribution < 1.29 is 9.53 Å². The van der Waals surface area contributed by atoms with Crippen LogP contribution < -0.4 is 10.5 Å². The lowest BCUT2D eigenvalue weighted by molar-refractivity contribution is -0.132. The fourth-order valence-corrected chi connectivity index (χ4v) is 2.03. The zero-order valence-corrected chi connectivity index (χ0v) is 12.5. The monoisotopic (exact) mass is 304 g/mol. The number of anilines is 1. The van der Waals surface area contributed by atoms with Crippen molar-refractivity contribution in [2.75, 3.05) is 19.4 Å². The number of halogens is 1. The minimum atomic E-state index is -0.141. The van der Waals surface area contributed by atoms with Gasteiger partial charge >= 0.3 is 0 Å². The molecule has 110 valence electrons. The third kappa shape index (κ3) is 4.13. The highest BCUT2D eigenvalue weighted by molar-refractivity contribution is 6.31. The standard InChI is InChI=1S/C16H17ClN2O2/c1-19(10-12-6-2-3-7-13(12)17)16(20)11-21-15-9-5-4-8-14(15)18/h2-9H,10-11,18H2,1H3. The predicted octanol–water partition coefficient (Wildman–Crippen LogP) is 2.96. The topological polar surface area (TPSA) is 55.6 Å². The summed E-state index contributed by atoms with van der Waals surface area (Å²) in [4.78, 5) is 13.6. The molecule has 2 aromatic rings. The van der Waals surface area contributed by atoms with Gasteiger partial charge in [0.15, 0.2) is 6.61 Å². The largest absolute Gasteiger partial charge is 0.482 e. The van der Waals surface area contributed by atoms with Crippen LogP contribution in [0.15, 0.2) is 48.5 Å². The molecule has 21 heavy (non-hydrogen) atoms. The normalized spacial score (nSPS) is 10.2. The van der Waals surface area contributed by atoms with E-state index in [0.717, 1.165) is 5.56 Å². The Morgan fingerprint density at radius 1 is 1.19 bits per heavy atom. The van der Waals surface area contributed by atoms with Gasteiger partial charge in [-0.3, -0.25) is 4.79 Å². The first-order valence-electron chi connectivity index (χ1n) is 6.52. The summed E-state index contributed by atoms with van der Waals surface area (Å²) in [7, 11) is 1.71. The van der Waals surface area contributed by atoms with Crippen molar-refractivity contribution in [3.63, 3.8) is 0 Å². The number of likely N-dealkylation sites (N-methyl/N-ethyl adjacent to an activating group) is 1. The van der Waals surface area contributed by atoms with Crippen molar-refractivity contribution >= 4 is 23.2 Å². The number of carbonyl (C=O) groups is 1. The molecule has 0 aliphatic rings. The fraction of sp³-hybridized carbons (Fsp3) is 0.188. The lowest BCUT2D eigenvalue weighted by Crippen LogP contribution is -2.31. The average molecular weight is 305 g/mol. The summed E-state index contributed by atoms with van der Waals surface area (Å²) in [6.07, 6.45) is 0. The van der Waals surface area contributed by atoms with Gasteiger partial charge in [-0.1, -0.05) is 41.9 Å². The summed E-state index contributed by atoms with van der Waals surface area (Å²) >= 11 is 6.08. The molecular weight excluding hydrogens is 288 g/mol. The van der Waals surface area contributed by atoms with E-state index in [9.17, 15) is 4.79 Å². The Morgan fingerprint density at radius 3 is 2.57 bits per heavy atom. The van der Waals surface area contributed by atoms with E-state index >= 15 is 0 Å². The summed E-state index contributed by atoms with van der Waals surface area (Å²) in [6.45, 7) is 0.376. The lowest BCUT2D eigenvalue weighted by atomic mass is 10.2. The van der Waals surface area contributed by atoms with Gasteiger partial charge in [0.2, 0.25) is 0 Å². The smallest absolute Gasteiger partial charge is 0.260 e. The van der Waals surface area contributed by atoms with Crippen molar-refractivity contribution in [3.8, 4) is 5.75 Å². The number of nitrogens with zero attached hydrogens (tertiary/aromatic N) is 1. The molecule has 2 rings (SSSR count). The van der Waals surface area contributed by atoms with Gasteiger partial charge in [0.05, 0.1) is 5.69 Å². The van der Waals surface area contributed by atoms with Crippen molar-refractivity contribution in [1.82, 2.24) is 4.90 Å². The van der Waals surface area contributed by atoms with Crippen LogP contribution in [-0.2, 0) is 11.3 Å². The number of benzene rings is 2. The Hall–Kier alpha value is -2.20. The van der Waals surface area contributed by atoms with Crippen LogP contribution in [0.5, 0.6) is 5.75 Å². The number of hydrogen-bond acceptors (Lipinski definition) is 3. The molecule has 0 atom stereocenters. The number of carbonyl (C=O) groups excluding carboxylic acids is 1. The summed E-state index contributed by atoms with van der Waals surface area (Å²) in [5.41, 5.74) is 7.17. The van der Waals surface area contributed by atoms with E-state index in [1.807, 2.05) is 30.3 Å². The fourth-order valence-electron chi connectivity index (χ4n) is 1.83. The quantitative estimate of drug-likeness (QED) is 0.864. The number of ether oxygens (including phenoxy) is 1. The predicted molar refractivity (Wildman–Crippen MR) is 84.3 cm³/mol. The molecule has 0 aliphatic carbocycles. The van der Waals surface area contributed by atoms with E-state index in [0.29, 0.717) is 23.0 Å². The van der Waals surface area contributed by atoms with E-state index in [1.54, 1.807) is 30.1 Å². The van der Waals surface area contributed by atoms with Gasteiger partial charge in [-0.05, 0) is 23.8 Å². The second kappa shape index (κ2) is 6.99. The molecular formula is C16H17ClN2O2. The van der Waals surface area contributed by atoms with Crippen LogP contribution in [0.25, 0.3) is 0 Å². The van der Waals surface area contributed by atoms with Crippen molar-refractivity contribution in [2.24, 2.45) is 0 Å². The van der Waals surface area contributed by atoms with Crippen LogP contribution >= 0.6 is 11.6 Å². The second-order valence-electron chi connectivity index (χ2n) is 4.67. The molecule has 0 heterocycles. The molecule has 0 radical (unpaired) electrons. The molecule has 0 aromatic heterocycles.